The summed E-state index contributed by atoms with van der Waals surface area (Å²) in [6.07, 6.45) is 4.62. The van der Waals surface area contributed by atoms with Crippen LogP contribution in [0.25, 0.3) is 0 Å². The van der Waals surface area contributed by atoms with Crippen molar-refractivity contribution in [3.05, 3.63) is 59.7 Å². The number of hydrogen-bond acceptors (Lipinski definition) is 5. The summed E-state index contributed by atoms with van der Waals surface area (Å²) in [4.78, 5) is 18.7. The molecule has 0 radical (unpaired) electrons. The number of ether oxygens (including phenoxy) is 1. The lowest BCUT2D eigenvalue weighted by Gasteiger charge is -2.28. The van der Waals surface area contributed by atoms with Crippen molar-refractivity contribution in [2.24, 2.45) is 5.16 Å². The number of oxime groups is 1. The highest BCUT2D eigenvalue weighted by Crippen LogP contribution is 2.21. The first-order valence-corrected chi connectivity index (χ1v) is 10.6. The zero-order valence-electron chi connectivity index (χ0n) is 17.5. The summed E-state index contributed by atoms with van der Waals surface area (Å²) in [7, 11) is 0. The lowest BCUT2D eigenvalue weighted by Crippen LogP contribution is -2.29. The summed E-state index contributed by atoms with van der Waals surface area (Å²) in [6, 6.07) is 15.6. The molecule has 0 aliphatic carbocycles. The van der Waals surface area contributed by atoms with Gasteiger partial charge in [0.25, 0.3) is 0 Å². The van der Waals surface area contributed by atoms with Crippen molar-refractivity contribution in [2.75, 3.05) is 31.2 Å². The minimum Gasteiger partial charge on any atom is -0.490 e. The molecule has 0 bridgehead atoms. The van der Waals surface area contributed by atoms with Gasteiger partial charge in [-0.25, -0.2) is 0 Å². The first-order valence-electron chi connectivity index (χ1n) is 10.6. The number of piperidine rings is 1. The molecule has 1 saturated heterocycles. The fourth-order valence-electron chi connectivity index (χ4n) is 3.58. The first kappa shape index (κ1) is 21.7. The van der Waals surface area contributed by atoms with Gasteiger partial charge in [0.1, 0.15) is 12.4 Å². The predicted octanol–water partition coefficient (Wildman–Crippen LogP) is 4.51. The zero-order chi connectivity index (χ0) is 21.2. The van der Waals surface area contributed by atoms with Crippen molar-refractivity contribution in [3.8, 4) is 5.75 Å². The van der Waals surface area contributed by atoms with Crippen LogP contribution in [0, 0.1) is 0 Å². The van der Waals surface area contributed by atoms with Crippen LogP contribution in [0.4, 0.5) is 5.69 Å². The molecule has 1 aliphatic rings. The Hall–Kier alpha value is -3.02. The Kier molecular flexibility index (Phi) is 8.12. The lowest BCUT2D eigenvalue weighted by molar-refractivity contribution is -0.136. The Morgan fingerprint density at radius 2 is 1.83 bits per heavy atom. The molecule has 2 aromatic rings. The van der Waals surface area contributed by atoms with Crippen LogP contribution >= 0.6 is 0 Å². The van der Waals surface area contributed by atoms with Crippen LogP contribution in [0.15, 0.2) is 53.7 Å². The van der Waals surface area contributed by atoms with Gasteiger partial charge in [-0.05, 0) is 61.1 Å². The molecular weight excluding hydrogens is 380 g/mol. The molecule has 6 nitrogen and oxygen atoms in total. The number of aliphatic carboxylic acids is 1. The Labute approximate surface area is 178 Å². The van der Waals surface area contributed by atoms with Gasteiger partial charge in [0.05, 0.1) is 12.1 Å². The smallest absolute Gasteiger partial charge is 0.307 e. The Morgan fingerprint density at radius 3 is 2.53 bits per heavy atom. The second-order valence-electron chi connectivity index (χ2n) is 7.39. The van der Waals surface area contributed by atoms with Gasteiger partial charge >= 0.3 is 5.97 Å². The topological polar surface area (TPSA) is 71.4 Å². The minimum absolute atomic E-state index is 0.0194. The fraction of sp³-hybridized carbons (Fsp3) is 0.417. The number of carboxylic acid groups (broad SMARTS) is 1. The van der Waals surface area contributed by atoms with Gasteiger partial charge in [0, 0.05) is 18.8 Å². The van der Waals surface area contributed by atoms with Gasteiger partial charge in [-0.1, -0.05) is 36.3 Å². The third-order valence-corrected chi connectivity index (χ3v) is 5.13. The molecule has 0 saturated carbocycles. The lowest BCUT2D eigenvalue weighted by atomic mass is 10.1. The molecule has 0 amide bonds. The van der Waals surface area contributed by atoms with Gasteiger partial charge in [0.2, 0.25) is 0 Å². The standard InChI is InChI=1S/C24H30N2O4/c1-2-23(20-9-11-21(12-10-20)26-13-4-3-5-14-26)25-30-16-15-29-22-8-6-7-19(17-22)18-24(27)28/h6-12,17H,2-5,13-16,18H2,1H3,(H,27,28). The van der Waals surface area contributed by atoms with E-state index in [9.17, 15) is 4.79 Å². The molecule has 1 N–H and O–H groups in total. The van der Waals surface area contributed by atoms with Gasteiger partial charge in [-0.3, -0.25) is 4.79 Å². The van der Waals surface area contributed by atoms with E-state index in [0.717, 1.165) is 30.8 Å². The predicted molar refractivity (Wildman–Crippen MR) is 119 cm³/mol. The second-order valence-corrected chi connectivity index (χ2v) is 7.39. The van der Waals surface area contributed by atoms with Crippen molar-refractivity contribution in [2.45, 2.75) is 39.0 Å². The van der Waals surface area contributed by atoms with Gasteiger partial charge in [-0.2, -0.15) is 0 Å². The fourth-order valence-corrected chi connectivity index (χ4v) is 3.58. The quantitative estimate of drug-likeness (QED) is 0.354. The van der Waals surface area contributed by atoms with E-state index in [1.165, 1.54) is 24.9 Å². The van der Waals surface area contributed by atoms with E-state index in [2.05, 4.69) is 41.2 Å². The molecule has 3 rings (SSSR count). The number of carbonyl (C=O) groups is 1. The van der Waals surface area contributed by atoms with Crippen molar-refractivity contribution >= 4 is 17.4 Å². The van der Waals surface area contributed by atoms with E-state index in [1.54, 1.807) is 24.3 Å². The van der Waals surface area contributed by atoms with E-state index >= 15 is 0 Å². The first-order chi connectivity index (χ1) is 14.7. The van der Waals surface area contributed by atoms with Crippen LogP contribution < -0.4 is 9.64 Å². The van der Waals surface area contributed by atoms with E-state index in [1.807, 2.05) is 0 Å². The van der Waals surface area contributed by atoms with Crippen molar-refractivity contribution in [1.82, 2.24) is 0 Å². The van der Waals surface area contributed by atoms with Gasteiger partial charge < -0.3 is 19.6 Å². The Morgan fingerprint density at radius 1 is 1.07 bits per heavy atom. The highest BCUT2D eigenvalue weighted by molar-refractivity contribution is 6.00. The molecule has 0 aromatic heterocycles. The van der Waals surface area contributed by atoms with Crippen LogP contribution in [-0.4, -0.2) is 43.1 Å². The Balaban J connectivity index is 1.48. The highest BCUT2D eigenvalue weighted by atomic mass is 16.6. The van der Waals surface area contributed by atoms with Crippen molar-refractivity contribution < 1.29 is 19.5 Å². The third-order valence-electron chi connectivity index (χ3n) is 5.13. The third kappa shape index (κ3) is 6.51. The molecule has 0 unspecified atom stereocenters. The molecule has 1 aliphatic heterocycles. The number of hydrogen-bond donors (Lipinski definition) is 1. The second kappa shape index (κ2) is 11.2. The maximum absolute atomic E-state index is 10.8. The van der Waals surface area contributed by atoms with Crippen LogP contribution in [0.2, 0.25) is 0 Å². The summed E-state index contributed by atoms with van der Waals surface area (Å²) >= 11 is 0. The molecule has 30 heavy (non-hydrogen) atoms. The van der Waals surface area contributed by atoms with E-state index in [4.69, 9.17) is 14.7 Å². The maximum Gasteiger partial charge on any atom is 0.307 e. The normalized spacial score (nSPS) is 14.4. The molecule has 0 spiro atoms. The summed E-state index contributed by atoms with van der Waals surface area (Å²) < 4.78 is 5.64. The van der Waals surface area contributed by atoms with Gasteiger partial charge in [-0.15, -0.1) is 0 Å². The Bertz CT molecular complexity index is 843. The van der Waals surface area contributed by atoms with Crippen molar-refractivity contribution in [3.63, 3.8) is 0 Å². The molecule has 1 fully saturated rings. The summed E-state index contributed by atoms with van der Waals surface area (Å²) in [5.74, 6) is -0.230. The highest BCUT2D eigenvalue weighted by Gasteiger charge is 2.11. The van der Waals surface area contributed by atoms with Gasteiger partial charge in [0.15, 0.2) is 6.61 Å². The maximum atomic E-state index is 10.8. The largest absolute Gasteiger partial charge is 0.490 e. The number of carboxylic acids is 1. The summed E-state index contributed by atoms with van der Waals surface area (Å²) in [5.41, 5.74) is 3.96. The van der Waals surface area contributed by atoms with Crippen LogP contribution in [-0.2, 0) is 16.1 Å². The average molecular weight is 411 g/mol. The number of benzene rings is 2. The molecule has 2 aromatic carbocycles. The van der Waals surface area contributed by atoms with E-state index in [-0.39, 0.29) is 6.42 Å². The zero-order valence-corrected chi connectivity index (χ0v) is 17.5. The molecular formula is C24H30N2O4. The molecule has 160 valence electrons. The summed E-state index contributed by atoms with van der Waals surface area (Å²) in [5, 5.41) is 13.2. The molecule has 1 heterocycles. The van der Waals surface area contributed by atoms with Crippen LogP contribution in [0.5, 0.6) is 5.75 Å². The number of nitrogens with zero attached hydrogens (tertiary/aromatic N) is 2. The van der Waals surface area contributed by atoms with Crippen LogP contribution in [0.1, 0.15) is 43.7 Å². The monoisotopic (exact) mass is 410 g/mol. The summed E-state index contributed by atoms with van der Waals surface area (Å²) in [6.45, 7) is 4.99. The van der Waals surface area contributed by atoms with Crippen molar-refractivity contribution in [1.29, 1.82) is 0 Å². The SMILES string of the molecule is CCC(=NOCCOc1cccc(CC(=O)O)c1)c1ccc(N2CCCCC2)cc1. The minimum atomic E-state index is -0.860. The van der Waals surface area contributed by atoms with E-state index < -0.39 is 5.97 Å². The van der Waals surface area contributed by atoms with Crippen LogP contribution in [0.3, 0.4) is 0 Å². The number of anilines is 1. The number of rotatable bonds is 10. The van der Waals surface area contributed by atoms with E-state index in [0.29, 0.717) is 24.5 Å². The average Bonchev–Trinajstić information content (AvgIpc) is 2.77. The molecule has 6 heteroatoms. The molecule has 0 atom stereocenters.